The van der Waals surface area contributed by atoms with Gasteiger partial charge in [0.25, 0.3) is 0 Å². The average molecular weight is 426 g/mol. The molecule has 0 N–H and O–H groups in total. The van der Waals surface area contributed by atoms with Crippen molar-refractivity contribution in [3.05, 3.63) is 41.5 Å². The minimum absolute atomic E-state index is 0.178. The number of hydrogen-bond donors (Lipinski definition) is 0. The molecule has 0 aromatic heterocycles. The lowest BCUT2D eigenvalue weighted by atomic mass is 9.99. The Bertz CT molecular complexity index is 1020. The van der Waals surface area contributed by atoms with Crippen LogP contribution in [0.2, 0.25) is 0 Å². The van der Waals surface area contributed by atoms with Crippen molar-refractivity contribution in [1.82, 2.24) is 0 Å². The van der Waals surface area contributed by atoms with Crippen molar-refractivity contribution in [2.24, 2.45) is 5.41 Å². The van der Waals surface area contributed by atoms with Gasteiger partial charge in [-0.05, 0) is 56.5 Å². The van der Waals surface area contributed by atoms with Gasteiger partial charge in [0.2, 0.25) is 5.75 Å². The number of methoxy groups -OCH3 is 2. The number of rotatable bonds is 8. The van der Waals surface area contributed by atoms with Crippen molar-refractivity contribution in [3.63, 3.8) is 0 Å². The number of benzene rings is 2. The fourth-order valence-corrected chi connectivity index (χ4v) is 3.68. The summed E-state index contributed by atoms with van der Waals surface area (Å²) in [7, 11) is 3.10. The molecule has 2 aliphatic rings. The Labute approximate surface area is 181 Å². The van der Waals surface area contributed by atoms with Crippen LogP contribution >= 0.6 is 0 Å². The first-order valence-corrected chi connectivity index (χ1v) is 10.3. The SMILES string of the molecule is COc1ccc(-c2ccc3c(c2)COC3=O)c(OCC2(C(=O)OC(C)C)CC2)c1OC. The van der Waals surface area contributed by atoms with Crippen LogP contribution in [0.3, 0.4) is 0 Å². The highest BCUT2D eigenvalue weighted by atomic mass is 16.6. The number of fused-ring (bicyclic) bond motifs is 1. The van der Waals surface area contributed by atoms with Gasteiger partial charge in [-0.2, -0.15) is 0 Å². The van der Waals surface area contributed by atoms with Crippen LogP contribution in [0.1, 0.15) is 42.6 Å². The van der Waals surface area contributed by atoms with E-state index in [1.54, 1.807) is 26.4 Å². The molecule has 0 amide bonds. The Kier molecular flexibility index (Phi) is 5.52. The summed E-state index contributed by atoms with van der Waals surface area (Å²) in [4.78, 5) is 24.3. The summed E-state index contributed by atoms with van der Waals surface area (Å²) >= 11 is 0. The molecule has 0 spiro atoms. The lowest BCUT2D eigenvalue weighted by Crippen LogP contribution is -2.28. The van der Waals surface area contributed by atoms with Crippen molar-refractivity contribution in [2.45, 2.75) is 39.4 Å². The molecule has 0 bridgehead atoms. The van der Waals surface area contributed by atoms with E-state index in [0.717, 1.165) is 29.5 Å². The van der Waals surface area contributed by atoms with Crippen LogP contribution in [0, 0.1) is 5.41 Å². The molecule has 0 radical (unpaired) electrons. The number of ether oxygens (including phenoxy) is 5. The number of esters is 2. The van der Waals surface area contributed by atoms with Crippen LogP contribution in [-0.4, -0.2) is 38.9 Å². The third-order valence-corrected chi connectivity index (χ3v) is 5.62. The van der Waals surface area contributed by atoms with E-state index in [-0.39, 0.29) is 31.3 Å². The summed E-state index contributed by atoms with van der Waals surface area (Å²) in [6, 6.07) is 9.19. The molecule has 31 heavy (non-hydrogen) atoms. The zero-order valence-electron chi connectivity index (χ0n) is 18.2. The second kappa shape index (κ2) is 8.13. The van der Waals surface area contributed by atoms with Gasteiger partial charge in [-0.1, -0.05) is 6.07 Å². The normalized spacial score (nSPS) is 15.8. The summed E-state index contributed by atoms with van der Waals surface area (Å²) in [6.45, 7) is 4.10. The molecular formula is C24H26O7. The minimum Gasteiger partial charge on any atom is -0.493 e. The van der Waals surface area contributed by atoms with Crippen LogP contribution in [0.5, 0.6) is 17.2 Å². The quantitative estimate of drug-likeness (QED) is 0.587. The molecule has 2 aromatic carbocycles. The highest BCUT2D eigenvalue weighted by Crippen LogP contribution is 2.50. The molecule has 7 heteroatoms. The van der Waals surface area contributed by atoms with E-state index in [9.17, 15) is 9.59 Å². The molecule has 4 rings (SSSR count). The maximum Gasteiger partial charge on any atom is 0.338 e. The monoisotopic (exact) mass is 426 g/mol. The first-order valence-electron chi connectivity index (χ1n) is 10.3. The molecule has 1 fully saturated rings. The summed E-state index contributed by atoms with van der Waals surface area (Å²) < 4.78 is 27.8. The van der Waals surface area contributed by atoms with Gasteiger partial charge in [-0.3, -0.25) is 4.79 Å². The molecule has 0 saturated heterocycles. The number of cyclic esters (lactones) is 1. The lowest BCUT2D eigenvalue weighted by molar-refractivity contribution is -0.155. The van der Waals surface area contributed by atoms with Crippen LogP contribution < -0.4 is 14.2 Å². The van der Waals surface area contributed by atoms with Crippen molar-refractivity contribution in [3.8, 4) is 28.4 Å². The minimum atomic E-state index is -0.631. The highest BCUT2D eigenvalue weighted by Gasteiger charge is 2.53. The van der Waals surface area contributed by atoms with E-state index < -0.39 is 5.41 Å². The Morgan fingerprint density at radius 2 is 1.81 bits per heavy atom. The van der Waals surface area contributed by atoms with Gasteiger partial charge in [0.15, 0.2) is 11.5 Å². The van der Waals surface area contributed by atoms with Gasteiger partial charge < -0.3 is 23.7 Å². The van der Waals surface area contributed by atoms with Crippen LogP contribution in [0.15, 0.2) is 30.3 Å². The summed E-state index contributed by atoms with van der Waals surface area (Å²) in [5.74, 6) is 0.899. The fourth-order valence-electron chi connectivity index (χ4n) is 3.68. The highest BCUT2D eigenvalue weighted by molar-refractivity contribution is 5.94. The van der Waals surface area contributed by atoms with Gasteiger partial charge in [0.05, 0.1) is 25.9 Å². The third kappa shape index (κ3) is 3.92. The maximum absolute atomic E-state index is 12.5. The molecule has 7 nitrogen and oxygen atoms in total. The standard InChI is InChI=1S/C24H26O7/c1-14(2)31-23(26)24(9-10-24)13-30-20-17(7-8-19(27-3)21(20)28-4)15-5-6-18-16(11-15)12-29-22(18)25/h5-8,11,14H,9-10,12-13H2,1-4H3. The van der Waals surface area contributed by atoms with E-state index in [1.807, 2.05) is 32.0 Å². The van der Waals surface area contributed by atoms with Gasteiger partial charge in [-0.15, -0.1) is 0 Å². The first-order chi connectivity index (χ1) is 14.9. The predicted octanol–water partition coefficient (Wildman–Crippen LogP) is 4.15. The van der Waals surface area contributed by atoms with Gasteiger partial charge in [0.1, 0.15) is 18.6 Å². The molecule has 1 aliphatic carbocycles. The molecule has 1 saturated carbocycles. The van der Waals surface area contributed by atoms with Gasteiger partial charge >= 0.3 is 11.9 Å². The number of carbonyl (C=O) groups excluding carboxylic acids is 2. The molecule has 0 atom stereocenters. The molecule has 164 valence electrons. The molecule has 0 unspecified atom stereocenters. The second-order valence-corrected chi connectivity index (χ2v) is 8.15. The van der Waals surface area contributed by atoms with Crippen molar-refractivity contribution >= 4 is 11.9 Å². The van der Waals surface area contributed by atoms with Crippen LogP contribution in [-0.2, 0) is 20.9 Å². The lowest BCUT2D eigenvalue weighted by Gasteiger charge is -2.21. The van der Waals surface area contributed by atoms with E-state index >= 15 is 0 Å². The maximum atomic E-state index is 12.5. The second-order valence-electron chi connectivity index (χ2n) is 8.15. The number of hydrogen-bond acceptors (Lipinski definition) is 7. The van der Waals surface area contributed by atoms with Crippen LogP contribution in [0.4, 0.5) is 0 Å². The number of carbonyl (C=O) groups is 2. The van der Waals surface area contributed by atoms with E-state index in [1.165, 1.54) is 0 Å². The Morgan fingerprint density at radius 3 is 2.45 bits per heavy atom. The van der Waals surface area contributed by atoms with Crippen molar-refractivity contribution in [2.75, 3.05) is 20.8 Å². The average Bonchev–Trinajstić information content (AvgIpc) is 3.47. The summed E-state index contributed by atoms with van der Waals surface area (Å²) in [6.07, 6.45) is 1.26. The zero-order chi connectivity index (χ0) is 22.2. The zero-order valence-corrected chi connectivity index (χ0v) is 18.2. The third-order valence-electron chi connectivity index (χ3n) is 5.62. The predicted molar refractivity (Wildman–Crippen MR) is 112 cm³/mol. The molecular weight excluding hydrogens is 400 g/mol. The van der Waals surface area contributed by atoms with Gasteiger partial charge in [0, 0.05) is 11.1 Å². The fraction of sp³-hybridized carbons (Fsp3) is 0.417. The molecule has 1 aliphatic heterocycles. The van der Waals surface area contributed by atoms with E-state index in [0.29, 0.717) is 22.8 Å². The Morgan fingerprint density at radius 1 is 1.06 bits per heavy atom. The largest absolute Gasteiger partial charge is 0.493 e. The van der Waals surface area contributed by atoms with Crippen LogP contribution in [0.25, 0.3) is 11.1 Å². The smallest absolute Gasteiger partial charge is 0.338 e. The topological polar surface area (TPSA) is 80.3 Å². The van der Waals surface area contributed by atoms with E-state index in [2.05, 4.69) is 0 Å². The van der Waals surface area contributed by atoms with E-state index in [4.69, 9.17) is 23.7 Å². The van der Waals surface area contributed by atoms with Crippen molar-refractivity contribution in [1.29, 1.82) is 0 Å². The van der Waals surface area contributed by atoms with Crippen molar-refractivity contribution < 1.29 is 33.3 Å². The molecule has 2 aromatic rings. The Hall–Kier alpha value is -3.22. The summed E-state index contributed by atoms with van der Waals surface area (Å²) in [5, 5.41) is 0. The Balaban J connectivity index is 1.69. The summed E-state index contributed by atoms with van der Waals surface area (Å²) in [5.41, 5.74) is 2.38. The molecule has 1 heterocycles. The first kappa shape index (κ1) is 21.0. The van der Waals surface area contributed by atoms with Gasteiger partial charge in [-0.25, -0.2) is 4.79 Å².